The highest BCUT2D eigenvalue weighted by molar-refractivity contribution is 7.13. The molecule has 0 fully saturated rings. The Kier molecular flexibility index (Phi) is 4.64. The first-order valence-electron chi connectivity index (χ1n) is 6.26. The molecule has 1 heterocycles. The summed E-state index contributed by atoms with van der Waals surface area (Å²) >= 11 is 1.32. The van der Waals surface area contributed by atoms with Crippen LogP contribution in [0.4, 0.5) is 10.8 Å². The molecule has 0 spiro atoms. The second-order valence-corrected chi connectivity index (χ2v) is 5.31. The largest absolute Gasteiger partial charge is 0.493 e. The number of methoxy groups -OCH3 is 2. The molecule has 1 amide bonds. The van der Waals surface area contributed by atoms with Crippen molar-refractivity contribution < 1.29 is 14.3 Å². The van der Waals surface area contributed by atoms with Crippen LogP contribution < -0.4 is 20.5 Å². The number of ether oxygens (including phenoxy) is 2. The van der Waals surface area contributed by atoms with E-state index in [1.165, 1.54) is 11.3 Å². The standard InChI is InChI=1S/C14H17N3O3S/c1-8-4-11(19-2)12(20-3)6-10(8)17-13(18)5-9-7-21-14(15)16-9/h4,6-7H,5H2,1-3H3,(H2,15,16)(H,17,18). The van der Waals surface area contributed by atoms with Crippen LogP contribution in [0.25, 0.3) is 0 Å². The lowest BCUT2D eigenvalue weighted by Crippen LogP contribution is -2.15. The van der Waals surface area contributed by atoms with Crippen molar-refractivity contribution in [2.24, 2.45) is 0 Å². The van der Waals surface area contributed by atoms with Crippen LogP contribution in [0.5, 0.6) is 11.5 Å². The number of carbonyl (C=O) groups is 1. The molecule has 3 N–H and O–H groups in total. The number of benzene rings is 1. The second-order valence-electron chi connectivity index (χ2n) is 4.42. The van der Waals surface area contributed by atoms with E-state index in [0.29, 0.717) is 28.0 Å². The molecule has 0 radical (unpaired) electrons. The van der Waals surface area contributed by atoms with Crippen molar-refractivity contribution in [1.29, 1.82) is 0 Å². The highest BCUT2D eigenvalue weighted by Gasteiger charge is 2.12. The Hall–Kier alpha value is -2.28. The topological polar surface area (TPSA) is 86.5 Å². The minimum absolute atomic E-state index is 0.157. The Morgan fingerprint density at radius 2 is 2.00 bits per heavy atom. The van der Waals surface area contributed by atoms with Crippen molar-refractivity contribution in [3.05, 3.63) is 28.8 Å². The van der Waals surface area contributed by atoms with Gasteiger partial charge in [0.1, 0.15) is 0 Å². The fraction of sp³-hybridized carbons (Fsp3) is 0.286. The number of nitrogens with zero attached hydrogens (tertiary/aromatic N) is 1. The average Bonchev–Trinajstić information content (AvgIpc) is 2.85. The van der Waals surface area contributed by atoms with Crippen molar-refractivity contribution in [1.82, 2.24) is 4.98 Å². The van der Waals surface area contributed by atoms with Crippen molar-refractivity contribution in [2.75, 3.05) is 25.3 Å². The van der Waals surface area contributed by atoms with Gasteiger partial charge in [-0.2, -0.15) is 0 Å². The molecule has 1 aromatic carbocycles. The van der Waals surface area contributed by atoms with Gasteiger partial charge in [0.2, 0.25) is 5.91 Å². The number of anilines is 2. The molecule has 112 valence electrons. The third-order valence-electron chi connectivity index (χ3n) is 2.92. The third-order valence-corrected chi connectivity index (χ3v) is 3.64. The molecule has 2 aromatic rings. The summed E-state index contributed by atoms with van der Waals surface area (Å²) in [4.78, 5) is 16.1. The number of nitrogen functional groups attached to an aromatic ring is 1. The molecule has 0 aliphatic carbocycles. The number of rotatable bonds is 5. The average molecular weight is 307 g/mol. The number of nitrogens with two attached hydrogens (primary N) is 1. The Morgan fingerprint density at radius 1 is 1.33 bits per heavy atom. The van der Waals surface area contributed by atoms with Crippen LogP contribution in [0.2, 0.25) is 0 Å². The van der Waals surface area contributed by atoms with Crippen LogP contribution in [-0.4, -0.2) is 25.1 Å². The van der Waals surface area contributed by atoms with Gasteiger partial charge in [0.15, 0.2) is 16.6 Å². The van der Waals surface area contributed by atoms with E-state index in [1.807, 2.05) is 13.0 Å². The highest BCUT2D eigenvalue weighted by atomic mass is 32.1. The quantitative estimate of drug-likeness (QED) is 0.884. The zero-order chi connectivity index (χ0) is 15.4. The van der Waals surface area contributed by atoms with Crippen molar-refractivity contribution in [3.8, 4) is 11.5 Å². The van der Waals surface area contributed by atoms with E-state index >= 15 is 0 Å². The van der Waals surface area contributed by atoms with E-state index < -0.39 is 0 Å². The molecule has 1 aromatic heterocycles. The van der Waals surface area contributed by atoms with Gasteiger partial charge in [-0.3, -0.25) is 4.79 Å². The highest BCUT2D eigenvalue weighted by Crippen LogP contribution is 2.32. The Labute approximate surface area is 126 Å². The van der Waals surface area contributed by atoms with Gasteiger partial charge in [-0.1, -0.05) is 0 Å². The summed E-state index contributed by atoms with van der Waals surface area (Å²) in [5.41, 5.74) is 7.78. The first-order valence-corrected chi connectivity index (χ1v) is 7.13. The summed E-state index contributed by atoms with van der Waals surface area (Å²) in [7, 11) is 3.12. The Balaban J connectivity index is 2.13. The molecule has 0 aliphatic heterocycles. The smallest absolute Gasteiger partial charge is 0.230 e. The summed E-state index contributed by atoms with van der Waals surface area (Å²) in [5, 5.41) is 5.08. The maximum Gasteiger partial charge on any atom is 0.230 e. The number of thiazole rings is 1. The zero-order valence-electron chi connectivity index (χ0n) is 12.1. The maximum atomic E-state index is 12.0. The van der Waals surface area contributed by atoms with Crippen LogP contribution in [0.15, 0.2) is 17.5 Å². The van der Waals surface area contributed by atoms with E-state index in [-0.39, 0.29) is 12.3 Å². The predicted molar refractivity (Wildman–Crippen MR) is 83.1 cm³/mol. The van der Waals surface area contributed by atoms with E-state index in [2.05, 4.69) is 10.3 Å². The molecule has 0 bridgehead atoms. The lowest BCUT2D eigenvalue weighted by Gasteiger charge is -2.13. The van der Waals surface area contributed by atoms with Crippen LogP contribution in [0.3, 0.4) is 0 Å². The van der Waals surface area contributed by atoms with Gasteiger partial charge in [0.25, 0.3) is 0 Å². The maximum absolute atomic E-state index is 12.0. The Morgan fingerprint density at radius 3 is 2.57 bits per heavy atom. The van der Waals surface area contributed by atoms with E-state index in [9.17, 15) is 4.79 Å². The molecule has 7 heteroatoms. The van der Waals surface area contributed by atoms with Crippen LogP contribution in [0, 0.1) is 6.92 Å². The molecule has 0 saturated heterocycles. The molecular weight excluding hydrogens is 290 g/mol. The van der Waals surface area contributed by atoms with E-state index in [0.717, 1.165) is 5.56 Å². The molecule has 0 aliphatic rings. The van der Waals surface area contributed by atoms with E-state index in [1.54, 1.807) is 25.7 Å². The number of aryl methyl sites for hydroxylation is 1. The number of hydrogen-bond donors (Lipinski definition) is 2. The van der Waals surface area contributed by atoms with Gasteiger partial charge in [-0.25, -0.2) is 4.98 Å². The summed E-state index contributed by atoms with van der Waals surface area (Å²) in [6, 6.07) is 3.55. The summed E-state index contributed by atoms with van der Waals surface area (Å²) < 4.78 is 10.4. The molecular formula is C14H17N3O3S. The molecule has 6 nitrogen and oxygen atoms in total. The van der Waals surface area contributed by atoms with Gasteiger partial charge in [0, 0.05) is 17.1 Å². The van der Waals surface area contributed by atoms with E-state index in [4.69, 9.17) is 15.2 Å². The minimum Gasteiger partial charge on any atom is -0.493 e. The second kappa shape index (κ2) is 6.45. The number of amides is 1. The van der Waals surface area contributed by atoms with Crippen molar-refractivity contribution >= 4 is 28.1 Å². The first kappa shape index (κ1) is 15.1. The molecule has 0 saturated carbocycles. The summed E-state index contributed by atoms with van der Waals surface area (Å²) in [6.45, 7) is 1.89. The normalized spacial score (nSPS) is 10.2. The predicted octanol–water partition coefficient (Wildman–Crippen LogP) is 2.23. The van der Waals surface area contributed by atoms with Crippen LogP contribution >= 0.6 is 11.3 Å². The number of nitrogens with one attached hydrogen (secondary N) is 1. The number of hydrogen-bond acceptors (Lipinski definition) is 6. The van der Waals surface area contributed by atoms with Crippen LogP contribution in [-0.2, 0) is 11.2 Å². The minimum atomic E-state index is -0.157. The first-order chi connectivity index (χ1) is 10.0. The molecule has 2 rings (SSSR count). The molecule has 0 unspecified atom stereocenters. The summed E-state index contributed by atoms with van der Waals surface area (Å²) in [5.74, 6) is 1.03. The number of carbonyl (C=O) groups excluding carboxylic acids is 1. The van der Waals surface area contributed by atoms with Gasteiger partial charge >= 0.3 is 0 Å². The van der Waals surface area contributed by atoms with Gasteiger partial charge in [-0.05, 0) is 18.6 Å². The van der Waals surface area contributed by atoms with Crippen LogP contribution in [0.1, 0.15) is 11.3 Å². The monoisotopic (exact) mass is 307 g/mol. The fourth-order valence-corrected chi connectivity index (χ4v) is 2.44. The SMILES string of the molecule is COc1cc(C)c(NC(=O)Cc2csc(N)n2)cc1OC. The zero-order valence-corrected chi connectivity index (χ0v) is 12.9. The van der Waals surface area contributed by atoms with Gasteiger partial charge in [0.05, 0.1) is 26.3 Å². The fourth-order valence-electron chi connectivity index (χ4n) is 1.88. The van der Waals surface area contributed by atoms with Gasteiger partial charge < -0.3 is 20.5 Å². The lowest BCUT2D eigenvalue weighted by molar-refractivity contribution is -0.115. The third kappa shape index (κ3) is 3.63. The molecule has 0 atom stereocenters. The number of aromatic nitrogens is 1. The van der Waals surface area contributed by atoms with Crippen molar-refractivity contribution in [3.63, 3.8) is 0 Å². The Bertz CT molecular complexity index is 655. The van der Waals surface area contributed by atoms with Gasteiger partial charge in [-0.15, -0.1) is 11.3 Å². The summed E-state index contributed by atoms with van der Waals surface area (Å²) in [6.07, 6.45) is 0.182. The van der Waals surface area contributed by atoms with Crippen molar-refractivity contribution in [2.45, 2.75) is 13.3 Å². The molecule has 21 heavy (non-hydrogen) atoms. The lowest BCUT2D eigenvalue weighted by atomic mass is 10.1.